The van der Waals surface area contributed by atoms with Crippen LogP contribution in [0.15, 0.2) is 24.3 Å². The minimum Gasteiger partial charge on any atom is -0.508 e. The Labute approximate surface area is 108 Å². The topological polar surface area (TPSA) is 40.5 Å². The molecule has 1 heterocycles. The molecule has 3 nitrogen and oxygen atoms in total. The molecular formula is C15H21NO2. The summed E-state index contributed by atoms with van der Waals surface area (Å²) >= 11 is 0. The molecule has 0 saturated carbocycles. The second-order valence-electron chi connectivity index (χ2n) is 4.92. The van der Waals surface area contributed by atoms with Crippen molar-refractivity contribution in [2.24, 2.45) is 0 Å². The van der Waals surface area contributed by atoms with Gasteiger partial charge in [0, 0.05) is 19.5 Å². The van der Waals surface area contributed by atoms with Crippen molar-refractivity contribution in [1.82, 2.24) is 4.90 Å². The van der Waals surface area contributed by atoms with Crippen LogP contribution in [0.5, 0.6) is 5.75 Å². The number of benzene rings is 1. The fourth-order valence-corrected chi connectivity index (χ4v) is 2.44. The van der Waals surface area contributed by atoms with Crippen molar-refractivity contribution in [3.63, 3.8) is 0 Å². The summed E-state index contributed by atoms with van der Waals surface area (Å²) in [5, 5.41) is 9.65. The van der Waals surface area contributed by atoms with E-state index < -0.39 is 0 Å². The summed E-state index contributed by atoms with van der Waals surface area (Å²) < 4.78 is 0. The summed E-state index contributed by atoms with van der Waals surface area (Å²) in [4.78, 5) is 14.1. The fraction of sp³-hybridized carbons (Fsp3) is 0.533. The number of carbonyl (C=O) groups is 1. The first-order valence-electron chi connectivity index (χ1n) is 6.82. The van der Waals surface area contributed by atoms with Gasteiger partial charge in [-0.2, -0.15) is 0 Å². The molecule has 1 amide bonds. The van der Waals surface area contributed by atoms with Crippen LogP contribution in [-0.4, -0.2) is 29.0 Å². The molecule has 0 spiro atoms. The summed E-state index contributed by atoms with van der Waals surface area (Å²) in [5.74, 6) is 0.515. The van der Waals surface area contributed by atoms with E-state index in [0.29, 0.717) is 18.6 Å². The van der Waals surface area contributed by atoms with Gasteiger partial charge >= 0.3 is 0 Å². The number of nitrogens with zero attached hydrogens (tertiary/aromatic N) is 1. The molecule has 1 aromatic carbocycles. The van der Waals surface area contributed by atoms with E-state index in [2.05, 4.69) is 0 Å². The first kappa shape index (κ1) is 12.9. The average molecular weight is 247 g/mol. The number of aryl methyl sites for hydroxylation is 1. The van der Waals surface area contributed by atoms with Gasteiger partial charge in [-0.25, -0.2) is 0 Å². The zero-order valence-electron chi connectivity index (χ0n) is 10.8. The number of phenols is 1. The van der Waals surface area contributed by atoms with Crippen LogP contribution < -0.4 is 0 Å². The Kier molecular flexibility index (Phi) is 4.62. The molecule has 0 bridgehead atoms. The molecule has 1 saturated heterocycles. The Hall–Kier alpha value is -1.51. The Balaban J connectivity index is 1.86. The van der Waals surface area contributed by atoms with Crippen LogP contribution in [0.25, 0.3) is 0 Å². The van der Waals surface area contributed by atoms with E-state index in [1.165, 1.54) is 12.8 Å². The van der Waals surface area contributed by atoms with Crippen molar-refractivity contribution in [2.75, 3.05) is 13.1 Å². The lowest BCUT2D eigenvalue weighted by atomic mass is 10.1. The summed E-state index contributed by atoms with van der Waals surface area (Å²) in [6.45, 7) is 1.80. The van der Waals surface area contributed by atoms with Gasteiger partial charge in [0.05, 0.1) is 0 Å². The summed E-state index contributed by atoms with van der Waals surface area (Å²) in [6.07, 6.45) is 5.86. The van der Waals surface area contributed by atoms with Gasteiger partial charge in [0.2, 0.25) is 5.91 Å². The van der Waals surface area contributed by atoms with E-state index in [1.807, 2.05) is 17.0 Å². The van der Waals surface area contributed by atoms with E-state index in [-0.39, 0.29) is 5.91 Å². The van der Waals surface area contributed by atoms with Crippen LogP contribution in [0.2, 0.25) is 0 Å². The number of hydrogen-bond donors (Lipinski definition) is 1. The standard InChI is InChI=1S/C15H21NO2/c17-14-8-4-3-7-13(14)9-10-15(18)16-11-5-1-2-6-12-16/h3-4,7-8,17H,1-2,5-6,9-12H2. The summed E-state index contributed by atoms with van der Waals surface area (Å²) in [7, 11) is 0. The summed E-state index contributed by atoms with van der Waals surface area (Å²) in [5.41, 5.74) is 0.862. The van der Waals surface area contributed by atoms with Gasteiger partial charge in [-0.3, -0.25) is 4.79 Å². The maximum atomic E-state index is 12.1. The van der Waals surface area contributed by atoms with Gasteiger partial charge in [0.15, 0.2) is 0 Å². The second kappa shape index (κ2) is 6.43. The lowest BCUT2D eigenvalue weighted by Gasteiger charge is -2.20. The molecule has 0 atom stereocenters. The SMILES string of the molecule is O=C(CCc1ccccc1O)N1CCCCCC1. The molecule has 1 aliphatic heterocycles. The largest absolute Gasteiger partial charge is 0.508 e. The van der Waals surface area contributed by atoms with Crippen LogP contribution in [0.1, 0.15) is 37.7 Å². The molecule has 98 valence electrons. The van der Waals surface area contributed by atoms with Crippen LogP contribution in [0.3, 0.4) is 0 Å². The molecule has 1 N–H and O–H groups in total. The van der Waals surface area contributed by atoms with Gasteiger partial charge in [0.25, 0.3) is 0 Å². The maximum absolute atomic E-state index is 12.1. The van der Waals surface area contributed by atoms with Gasteiger partial charge < -0.3 is 10.0 Å². The highest BCUT2D eigenvalue weighted by Crippen LogP contribution is 2.18. The highest BCUT2D eigenvalue weighted by atomic mass is 16.3. The van der Waals surface area contributed by atoms with Crippen LogP contribution in [0, 0.1) is 0 Å². The second-order valence-corrected chi connectivity index (χ2v) is 4.92. The van der Waals surface area contributed by atoms with Gasteiger partial charge in [0.1, 0.15) is 5.75 Å². The number of rotatable bonds is 3. The number of likely N-dealkylation sites (tertiary alicyclic amines) is 1. The Bertz CT molecular complexity index is 395. The third kappa shape index (κ3) is 3.49. The van der Waals surface area contributed by atoms with Gasteiger partial charge in [-0.05, 0) is 30.9 Å². The number of para-hydroxylation sites is 1. The van der Waals surface area contributed by atoms with E-state index in [0.717, 1.165) is 31.5 Å². The normalized spacial score (nSPS) is 16.3. The van der Waals surface area contributed by atoms with E-state index in [9.17, 15) is 9.90 Å². The van der Waals surface area contributed by atoms with Crippen molar-refractivity contribution in [3.8, 4) is 5.75 Å². The molecule has 0 radical (unpaired) electrons. The van der Waals surface area contributed by atoms with Crippen molar-refractivity contribution in [3.05, 3.63) is 29.8 Å². The molecule has 18 heavy (non-hydrogen) atoms. The molecule has 0 unspecified atom stereocenters. The third-order valence-electron chi connectivity index (χ3n) is 3.56. The van der Waals surface area contributed by atoms with E-state index in [4.69, 9.17) is 0 Å². The van der Waals surface area contributed by atoms with Crippen molar-refractivity contribution < 1.29 is 9.90 Å². The first-order chi connectivity index (χ1) is 8.77. The first-order valence-corrected chi connectivity index (χ1v) is 6.82. The predicted molar refractivity (Wildman–Crippen MR) is 71.5 cm³/mol. The molecule has 0 aliphatic carbocycles. The lowest BCUT2D eigenvalue weighted by molar-refractivity contribution is -0.131. The number of hydrogen-bond acceptors (Lipinski definition) is 2. The van der Waals surface area contributed by atoms with Gasteiger partial charge in [-0.15, -0.1) is 0 Å². The molecule has 2 rings (SSSR count). The molecule has 1 aromatic rings. The van der Waals surface area contributed by atoms with Crippen molar-refractivity contribution in [1.29, 1.82) is 0 Å². The zero-order chi connectivity index (χ0) is 12.8. The monoisotopic (exact) mass is 247 g/mol. The molecular weight excluding hydrogens is 226 g/mol. The van der Waals surface area contributed by atoms with E-state index in [1.54, 1.807) is 12.1 Å². The minimum absolute atomic E-state index is 0.222. The predicted octanol–water partition coefficient (Wildman–Crippen LogP) is 2.73. The lowest BCUT2D eigenvalue weighted by Crippen LogP contribution is -2.31. The third-order valence-corrected chi connectivity index (χ3v) is 3.56. The number of phenolic OH excluding ortho intramolecular Hbond substituents is 1. The molecule has 1 fully saturated rings. The number of carbonyl (C=O) groups excluding carboxylic acids is 1. The fourth-order valence-electron chi connectivity index (χ4n) is 2.44. The minimum atomic E-state index is 0.222. The van der Waals surface area contributed by atoms with Crippen molar-refractivity contribution in [2.45, 2.75) is 38.5 Å². The highest BCUT2D eigenvalue weighted by molar-refractivity contribution is 5.76. The van der Waals surface area contributed by atoms with Crippen LogP contribution in [0.4, 0.5) is 0 Å². The highest BCUT2D eigenvalue weighted by Gasteiger charge is 2.15. The van der Waals surface area contributed by atoms with Crippen LogP contribution in [-0.2, 0) is 11.2 Å². The molecule has 3 heteroatoms. The Morgan fingerprint density at radius 3 is 2.44 bits per heavy atom. The molecule has 1 aliphatic rings. The number of amides is 1. The number of aromatic hydroxyl groups is 1. The smallest absolute Gasteiger partial charge is 0.222 e. The Morgan fingerprint density at radius 1 is 1.11 bits per heavy atom. The quantitative estimate of drug-likeness (QED) is 0.892. The Morgan fingerprint density at radius 2 is 1.78 bits per heavy atom. The van der Waals surface area contributed by atoms with Gasteiger partial charge in [-0.1, -0.05) is 31.0 Å². The zero-order valence-corrected chi connectivity index (χ0v) is 10.8. The average Bonchev–Trinajstić information content (AvgIpc) is 2.66. The molecule has 0 aromatic heterocycles. The van der Waals surface area contributed by atoms with Crippen molar-refractivity contribution >= 4 is 5.91 Å². The summed E-state index contributed by atoms with van der Waals surface area (Å²) in [6, 6.07) is 7.25. The van der Waals surface area contributed by atoms with Crippen LogP contribution >= 0.6 is 0 Å². The van der Waals surface area contributed by atoms with E-state index >= 15 is 0 Å². The maximum Gasteiger partial charge on any atom is 0.222 e.